The number of aromatic nitrogens is 2. The maximum atomic E-state index is 10.7. The van der Waals surface area contributed by atoms with Crippen LogP contribution in [0.1, 0.15) is 13.8 Å². The summed E-state index contributed by atoms with van der Waals surface area (Å²) in [6, 6.07) is 1.93. The average Bonchev–Trinajstić information content (AvgIpc) is 2.63. The Labute approximate surface area is 94.8 Å². The maximum absolute atomic E-state index is 10.7. The molecule has 90 valence electrons. The van der Waals surface area contributed by atoms with Crippen LogP contribution in [0.4, 0.5) is 5.82 Å². The van der Waals surface area contributed by atoms with E-state index in [-0.39, 0.29) is 18.7 Å². The standard InChI is InChI=1S/C10H18N4O2/c1-7(8(2)16-3)12-10-4-5-14(13-10)6-9(11)15/h4-5,7-8H,6H2,1-3H3,(H2,11,15)(H,12,13). The number of carbonyl (C=O) groups excluding carboxylic acids is 1. The lowest BCUT2D eigenvalue weighted by Crippen LogP contribution is -2.30. The van der Waals surface area contributed by atoms with E-state index in [4.69, 9.17) is 10.5 Å². The predicted molar refractivity (Wildman–Crippen MR) is 61.0 cm³/mol. The van der Waals surface area contributed by atoms with Crippen LogP contribution in [0.25, 0.3) is 0 Å². The molecule has 1 aromatic rings. The summed E-state index contributed by atoms with van der Waals surface area (Å²) in [7, 11) is 1.66. The molecule has 2 unspecified atom stereocenters. The summed E-state index contributed by atoms with van der Waals surface area (Å²) in [5.74, 6) is 0.297. The molecule has 0 aliphatic rings. The number of nitrogens with one attached hydrogen (secondary N) is 1. The van der Waals surface area contributed by atoms with Gasteiger partial charge in [0.1, 0.15) is 12.4 Å². The van der Waals surface area contributed by atoms with Crippen molar-refractivity contribution in [3.8, 4) is 0 Å². The third kappa shape index (κ3) is 3.54. The molecule has 0 radical (unpaired) electrons. The number of anilines is 1. The number of rotatable bonds is 6. The molecular weight excluding hydrogens is 208 g/mol. The van der Waals surface area contributed by atoms with Crippen molar-refractivity contribution in [3.63, 3.8) is 0 Å². The molecule has 6 nitrogen and oxygen atoms in total. The first-order valence-corrected chi connectivity index (χ1v) is 5.14. The molecule has 3 N–H and O–H groups in total. The van der Waals surface area contributed by atoms with Crippen LogP contribution in [-0.2, 0) is 16.1 Å². The van der Waals surface area contributed by atoms with Gasteiger partial charge in [-0.15, -0.1) is 0 Å². The molecule has 0 aromatic carbocycles. The molecule has 1 aromatic heterocycles. The first-order valence-electron chi connectivity index (χ1n) is 5.14. The van der Waals surface area contributed by atoms with E-state index < -0.39 is 5.91 Å². The maximum Gasteiger partial charge on any atom is 0.239 e. The Balaban J connectivity index is 2.54. The lowest BCUT2D eigenvalue weighted by Gasteiger charge is -2.19. The third-order valence-corrected chi connectivity index (χ3v) is 2.41. The summed E-state index contributed by atoms with van der Waals surface area (Å²) in [5.41, 5.74) is 5.06. The number of nitrogens with zero attached hydrogens (tertiary/aromatic N) is 2. The molecule has 0 spiro atoms. The van der Waals surface area contributed by atoms with Gasteiger partial charge in [-0.05, 0) is 13.8 Å². The van der Waals surface area contributed by atoms with Gasteiger partial charge in [-0.1, -0.05) is 0 Å². The summed E-state index contributed by atoms with van der Waals surface area (Å²) in [4.78, 5) is 10.7. The molecule has 1 heterocycles. The molecule has 1 rings (SSSR count). The van der Waals surface area contributed by atoms with Crippen LogP contribution >= 0.6 is 0 Å². The van der Waals surface area contributed by atoms with E-state index in [2.05, 4.69) is 10.4 Å². The van der Waals surface area contributed by atoms with Crippen LogP contribution in [0.5, 0.6) is 0 Å². The Morgan fingerprint density at radius 3 is 2.94 bits per heavy atom. The van der Waals surface area contributed by atoms with Crippen molar-refractivity contribution in [2.75, 3.05) is 12.4 Å². The fraction of sp³-hybridized carbons (Fsp3) is 0.600. The quantitative estimate of drug-likeness (QED) is 0.726. The lowest BCUT2D eigenvalue weighted by molar-refractivity contribution is -0.118. The molecule has 16 heavy (non-hydrogen) atoms. The molecule has 0 fully saturated rings. The van der Waals surface area contributed by atoms with Crippen molar-refractivity contribution < 1.29 is 9.53 Å². The van der Waals surface area contributed by atoms with Crippen molar-refractivity contribution in [2.45, 2.75) is 32.5 Å². The van der Waals surface area contributed by atoms with Crippen molar-refractivity contribution in [3.05, 3.63) is 12.3 Å². The molecular formula is C10H18N4O2. The SMILES string of the molecule is COC(C)C(C)Nc1ccn(CC(N)=O)n1. The summed E-state index contributed by atoms with van der Waals surface area (Å²) in [5, 5.41) is 7.33. The van der Waals surface area contributed by atoms with Crippen LogP contribution in [0.15, 0.2) is 12.3 Å². The van der Waals surface area contributed by atoms with Crippen molar-refractivity contribution in [1.29, 1.82) is 0 Å². The van der Waals surface area contributed by atoms with E-state index in [0.29, 0.717) is 5.82 Å². The highest BCUT2D eigenvalue weighted by Crippen LogP contribution is 2.07. The minimum atomic E-state index is -0.409. The van der Waals surface area contributed by atoms with Crippen LogP contribution in [0.2, 0.25) is 0 Å². The van der Waals surface area contributed by atoms with E-state index in [1.165, 1.54) is 4.68 Å². The van der Waals surface area contributed by atoms with E-state index in [0.717, 1.165) is 0 Å². The summed E-state index contributed by atoms with van der Waals surface area (Å²) in [6.45, 7) is 4.06. The zero-order chi connectivity index (χ0) is 12.1. The molecule has 2 atom stereocenters. The van der Waals surface area contributed by atoms with Crippen LogP contribution in [0.3, 0.4) is 0 Å². The average molecular weight is 226 g/mol. The molecule has 0 saturated heterocycles. The zero-order valence-corrected chi connectivity index (χ0v) is 9.80. The highest BCUT2D eigenvalue weighted by atomic mass is 16.5. The predicted octanol–water partition coefficient (Wildman–Crippen LogP) is 0.204. The first kappa shape index (κ1) is 12.5. The van der Waals surface area contributed by atoms with Crippen LogP contribution in [-0.4, -0.2) is 34.9 Å². The van der Waals surface area contributed by atoms with E-state index in [9.17, 15) is 4.79 Å². The Morgan fingerprint density at radius 2 is 2.38 bits per heavy atom. The van der Waals surface area contributed by atoms with Gasteiger partial charge < -0.3 is 15.8 Å². The third-order valence-electron chi connectivity index (χ3n) is 2.41. The molecule has 6 heteroatoms. The van der Waals surface area contributed by atoms with Gasteiger partial charge in [0.25, 0.3) is 0 Å². The minimum Gasteiger partial charge on any atom is -0.380 e. The molecule has 0 bridgehead atoms. The number of hydrogen-bond acceptors (Lipinski definition) is 4. The number of hydrogen-bond donors (Lipinski definition) is 2. The summed E-state index contributed by atoms with van der Waals surface area (Å²) in [6.07, 6.45) is 1.79. The first-order chi connectivity index (χ1) is 7.52. The minimum absolute atomic E-state index is 0.0845. The fourth-order valence-electron chi connectivity index (χ4n) is 1.24. The second kappa shape index (κ2) is 5.50. The summed E-state index contributed by atoms with van der Waals surface area (Å²) < 4.78 is 6.68. The topological polar surface area (TPSA) is 82.2 Å². The van der Waals surface area contributed by atoms with Crippen molar-refractivity contribution >= 4 is 11.7 Å². The van der Waals surface area contributed by atoms with Crippen molar-refractivity contribution in [1.82, 2.24) is 9.78 Å². The monoisotopic (exact) mass is 226 g/mol. The van der Waals surface area contributed by atoms with Crippen LogP contribution in [0, 0.1) is 0 Å². The smallest absolute Gasteiger partial charge is 0.239 e. The largest absolute Gasteiger partial charge is 0.380 e. The Kier molecular flexibility index (Phi) is 4.30. The number of primary amides is 1. The lowest BCUT2D eigenvalue weighted by atomic mass is 10.2. The molecule has 1 amide bonds. The number of carbonyl (C=O) groups is 1. The Hall–Kier alpha value is -1.56. The normalized spacial score (nSPS) is 14.4. The second-order valence-corrected chi connectivity index (χ2v) is 3.74. The van der Waals surface area contributed by atoms with Gasteiger partial charge in [0, 0.05) is 19.4 Å². The Morgan fingerprint density at radius 1 is 1.69 bits per heavy atom. The number of nitrogens with two attached hydrogens (primary N) is 1. The van der Waals surface area contributed by atoms with E-state index >= 15 is 0 Å². The van der Waals surface area contributed by atoms with Crippen molar-refractivity contribution in [2.24, 2.45) is 5.73 Å². The second-order valence-electron chi connectivity index (χ2n) is 3.74. The number of ether oxygens (including phenoxy) is 1. The van der Waals surface area contributed by atoms with Crippen LogP contribution < -0.4 is 11.1 Å². The van der Waals surface area contributed by atoms with Gasteiger partial charge >= 0.3 is 0 Å². The van der Waals surface area contributed by atoms with E-state index in [1.54, 1.807) is 19.4 Å². The van der Waals surface area contributed by atoms with E-state index in [1.807, 2.05) is 13.8 Å². The van der Waals surface area contributed by atoms with Gasteiger partial charge in [0.05, 0.1) is 12.1 Å². The number of amides is 1. The molecule has 0 aliphatic carbocycles. The highest BCUT2D eigenvalue weighted by Gasteiger charge is 2.12. The fourth-order valence-corrected chi connectivity index (χ4v) is 1.24. The van der Waals surface area contributed by atoms with Gasteiger partial charge in [-0.2, -0.15) is 5.10 Å². The summed E-state index contributed by atoms with van der Waals surface area (Å²) >= 11 is 0. The number of methoxy groups -OCH3 is 1. The van der Waals surface area contributed by atoms with Gasteiger partial charge in [-0.3, -0.25) is 9.48 Å². The Bertz CT molecular complexity index is 350. The zero-order valence-electron chi connectivity index (χ0n) is 9.80. The molecule has 0 aliphatic heterocycles. The van der Waals surface area contributed by atoms with Gasteiger partial charge in [0.15, 0.2) is 0 Å². The molecule has 0 saturated carbocycles. The highest BCUT2D eigenvalue weighted by molar-refractivity contribution is 5.73. The van der Waals surface area contributed by atoms with Gasteiger partial charge in [0.2, 0.25) is 5.91 Å². The van der Waals surface area contributed by atoms with Gasteiger partial charge in [-0.25, -0.2) is 0 Å².